The van der Waals surface area contributed by atoms with Gasteiger partial charge >= 0.3 is 0 Å². The van der Waals surface area contributed by atoms with Crippen molar-refractivity contribution in [2.75, 3.05) is 32.6 Å². The van der Waals surface area contributed by atoms with Gasteiger partial charge in [0.1, 0.15) is 11.5 Å². The Morgan fingerprint density at radius 2 is 1.96 bits per heavy atom. The number of benzene rings is 2. The number of hydrogen-bond acceptors (Lipinski definition) is 6. The quantitative estimate of drug-likeness (QED) is 0.548. The summed E-state index contributed by atoms with van der Waals surface area (Å²) in [7, 11) is 3.28. The van der Waals surface area contributed by atoms with Gasteiger partial charge in [-0.1, -0.05) is 12.1 Å². The Labute approximate surface area is 156 Å². The van der Waals surface area contributed by atoms with Crippen molar-refractivity contribution in [3.63, 3.8) is 0 Å². The summed E-state index contributed by atoms with van der Waals surface area (Å²) >= 11 is 0. The van der Waals surface area contributed by atoms with E-state index in [2.05, 4.69) is 14.7 Å². The van der Waals surface area contributed by atoms with Gasteiger partial charge in [-0.3, -0.25) is 4.40 Å². The number of rotatable bonds is 6. The molecule has 4 aromatic rings. The van der Waals surface area contributed by atoms with Gasteiger partial charge in [-0.25, -0.2) is 9.97 Å². The number of para-hydroxylation sites is 2. The lowest BCUT2D eigenvalue weighted by Gasteiger charge is -2.13. The van der Waals surface area contributed by atoms with Gasteiger partial charge in [-0.2, -0.15) is 0 Å². The topological polar surface area (TPSA) is 86.7 Å². The van der Waals surface area contributed by atoms with E-state index in [1.165, 1.54) is 0 Å². The molecule has 0 amide bonds. The molecule has 0 radical (unpaired) electrons. The largest absolute Gasteiger partial charge is 0.497 e. The molecule has 0 spiro atoms. The zero-order chi connectivity index (χ0) is 18.8. The monoisotopic (exact) mass is 363 g/mol. The number of aromatic nitrogens is 3. The first-order chi connectivity index (χ1) is 13.3. The Kier molecular flexibility index (Phi) is 4.52. The maximum atomic E-state index is 5.65. The number of fused-ring (bicyclic) bond motifs is 3. The van der Waals surface area contributed by atoms with Crippen LogP contribution in [0.4, 0.5) is 5.82 Å². The van der Waals surface area contributed by atoms with Crippen LogP contribution in [0.25, 0.3) is 27.9 Å². The highest BCUT2D eigenvalue weighted by Crippen LogP contribution is 2.35. The van der Waals surface area contributed by atoms with Crippen LogP contribution >= 0.6 is 0 Å². The fourth-order valence-corrected chi connectivity index (χ4v) is 3.19. The molecule has 2 heterocycles. The van der Waals surface area contributed by atoms with Crippen LogP contribution in [0.15, 0.2) is 48.7 Å². The van der Waals surface area contributed by atoms with Gasteiger partial charge < -0.3 is 20.5 Å². The summed E-state index contributed by atoms with van der Waals surface area (Å²) < 4.78 is 13.0. The van der Waals surface area contributed by atoms with Gasteiger partial charge in [0.05, 0.1) is 37.1 Å². The Morgan fingerprint density at radius 1 is 1.11 bits per heavy atom. The summed E-state index contributed by atoms with van der Waals surface area (Å²) in [5, 5.41) is 3.27. The average Bonchev–Trinajstić information content (AvgIpc) is 3.17. The molecule has 4 rings (SSSR count). The van der Waals surface area contributed by atoms with E-state index in [9.17, 15) is 0 Å². The molecule has 0 aliphatic rings. The Balaban J connectivity index is 2.01. The van der Waals surface area contributed by atoms with E-state index in [0.717, 1.165) is 33.7 Å². The smallest absolute Gasteiger partial charge is 0.181 e. The van der Waals surface area contributed by atoms with Gasteiger partial charge in [0.15, 0.2) is 11.5 Å². The Bertz CT molecular complexity index is 1110. The molecule has 0 aliphatic heterocycles. The highest BCUT2D eigenvalue weighted by molar-refractivity contribution is 5.87. The van der Waals surface area contributed by atoms with E-state index in [-0.39, 0.29) is 0 Å². The molecule has 27 heavy (non-hydrogen) atoms. The molecule has 7 nitrogen and oxygen atoms in total. The fourth-order valence-electron chi connectivity index (χ4n) is 3.19. The number of nitrogens with one attached hydrogen (secondary N) is 1. The van der Waals surface area contributed by atoms with Crippen LogP contribution in [0.3, 0.4) is 0 Å². The van der Waals surface area contributed by atoms with E-state index in [1.54, 1.807) is 14.2 Å². The summed E-state index contributed by atoms with van der Waals surface area (Å²) in [6.07, 6.45) is 1.83. The predicted octanol–water partition coefficient (Wildman–Crippen LogP) is 2.94. The second-order valence-corrected chi connectivity index (χ2v) is 6.03. The standard InChI is InChI=1S/C20H21N5O2/c1-26-13-7-8-14(18(11-13)27-2)17-12-23-20-19(22-10-9-21)24-15-5-3-4-6-16(15)25(17)20/h3-8,11-12H,9-10,21H2,1-2H3,(H,22,24). The maximum Gasteiger partial charge on any atom is 0.181 e. The third-order valence-corrected chi connectivity index (χ3v) is 4.45. The molecule has 0 fully saturated rings. The second-order valence-electron chi connectivity index (χ2n) is 6.03. The fraction of sp³-hybridized carbons (Fsp3) is 0.200. The summed E-state index contributed by atoms with van der Waals surface area (Å²) in [5.74, 6) is 2.16. The zero-order valence-corrected chi connectivity index (χ0v) is 15.3. The van der Waals surface area contributed by atoms with Crippen LogP contribution in [0, 0.1) is 0 Å². The van der Waals surface area contributed by atoms with E-state index in [4.69, 9.17) is 20.2 Å². The number of anilines is 1. The minimum absolute atomic E-state index is 0.514. The SMILES string of the molecule is COc1ccc(-c2cnc3c(NCCN)nc4ccccc4n23)c(OC)c1. The summed E-state index contributed by atoms with van der Waals surface area (Å²) in [5.41, 5.74) is 10.1. The van der Waals surface area contributed by atoms with Crippen LogP contribution in [0.5, 0.6) is 11.5 Å². The van der Waals surface area contributed by atoms with E-state index in [1.807, 2.05) is 48.7 Å². The zero-order valence-electron chi connectivity index (χ0n) is 15.3. The number of methoxy groups -OCH3 is 2. The van der Waals surface area contributed by atoms with Crippen molar-refractivity contribution in [3.05, 3.63) is 48.7 Å². The molecule has 3 N–H and O–H groups in total. The van der Waals surface area contributed by atoms with Crippen molar-refractivity contribution in [1.82, 2.24) is 14.4 Å². The predicted molar refractivity (Wildman–Crippen MR) is 107 cm³/mol. The van der Waals surface area contributed by atoms with Crippen molar-refractivity contribution < 1.29 is 9.47 Å². The molecule has 2 aromatic carbocycles. The molecule has 138 valence electrons. The van der Waals surface area contributed by atoms with Gasteiger partial charge in [0.2, 0.25) is 0 Å². The van der Waals surface area contributed by atoms with Crippen LogP contribution in [-0.4, -0.2) is 41.7 Å². The number of ether oxygens (including phenoxy) is 2. The molecule has 0 saturated heterocycles. The minimum atomic E-state index is 0.514. The van der Waals surface area contributed by atoms with Crippen molar-refractivity contribution in [2.45, 2.75) is 0 Å². The van der Waals surface area contributed by atoms with Crippen molar-refractivity contribution in [2.24, 2.45) is 5.73 Å². The second kappa shape index (κ2) is 7.13. The van der Waals surface area contributed by atoms with E-state index in [0.29, 0.717) is 24.7 Å². The summed E-state index contributed by atoms with van der Waals surface area (Å²) in [6.45, 7) is 1.13. The summed E-state index contributed by atoms with van der Waals surface area (Å²) in [6, 6.07) is 13.7. The Morgan fingerprint density at radius 3 is 2.74 bits per heavy atom. The third kappa shape index (κ3) is 2.92. The molecule has 0 unspecified atom stereocenters. The van der Waals surface area contributed by atoms with Crippen LogP contribution < -0.4 is 20.5 Å². The lowest BCUT2D eigenvalue weighted by molar-refractivity contribution is 0.395. The summed E-state index contributed by atoms with van der Waals surface area (Å²) in [4.78, 5) is 9.34. The lowest BCUT2D eigenvalue weighted by Crippen LogP contribution is -2.15. The van der Waals surface area contributed by atoms with Gasteiger partial charge in [-0.05, 0) is 24.3 Å². The van der Waals surface area contributed by atoms with E-state index < -0.39 is 0 Å². The normalized spacial score (nSPS) is 11.1. The van der Waals surface area contributed by atoms with Crippen molar-refractivity contribution in [1.29, 1.82) is 0 Å². The molecule has 7 heteroatoms. The molecular formula is C20H21N5O2. The number of nitrogens with zero attached hydrogens (tertiary/aromatic N) is 3. The van der Waals surface area contributed by atoms with Crippen LogP contribution in [0.1, 0.15) is 0 Å². The molecular weight excluding hydrogens is 342 g/mol. The molecule has 0 saturated carbocycles. The minimum Gasteiger partial charge on any atom is -0.497 e. The highest BCUT2D eigenvalue weighted by Gasteiger charge is 2.17. The molecule has 0 atom stereocenters. The average molecular weight is 363 g/mol. The maximum absolute atomic E-state index is 5.65. The lowest BCUT2D eigenvalue weighted by atomic mass is 10.1. The molecule has 0 aliphatic carbocycles. The van der Waals surface area contributed by atoms with Crippen LogP contribution in [-0.2, 0) is 0 Å². The number of imidazole rings is 1. The van der Waals surface area contributed by atoms with Crippen molar-refractivity contribution in [3.8, 4) is 22.8 Å². The van der Waals surface area contributed by atoms with Gasteiger partial charge in [0.25, 0.3) is 0 Å². The first-order valence-electron chi connectivity index (χ1n) is 8.69. The van der Waals surface area contributed by atoms with Crippen LogP contribution in [0.2, 0.25) is 0 Å². The van der Waals surface area contributed by atoms with E-state index >= 15 is 0 Å². The van der Waals surface area contributed by atoms with Gasteiger partial charge in [-0.15, -0.1) is 0 Å². The highest BCUT2D eigenvalue weighted by atomic mass is 16.5. The Hall–Kier alpha value is -3.32. The number of nitrogens with two attached hydrogens (primary N) is 1. The molecule has 0 bridgehead atoms. The molecule has 2 aromatic heterocycles. The third-order valence-electron chi connectivity index (χ3n) is 4.45. The van der Waals surface area contributed by atoms with Gasteiger partial charge in [0, 0.05) is 24.7 Å². The first kappa shape index (κ1) is 17.1. The number of hydrogen-bond donors (Lipinski definition) is 2. The van der Waals surface area contributed by atoms with Crippen molar-refractivity contribution >= 4 is 22.5 Å². The first-order valence-corrected chi connectivity index (χ1v) is 8.69.